The van der Waals surface area contributed by atoms with Crippen LogP contribution in [-0.4, -0.2) is 45.9 Å². The molecule has 1 atom stereocenters. The van der Waals surface area contributed by atoms with Crippen LogP contribution < -0.4 is 0 Å². The molecule has 2 aliphatic rings. The van der Waals surface area contributed by atoms with Crippen molar-refractivity contribution in [2.24, 2.45) is 11.3 Å². The summed E-state index contributed by atoms with van der Waals surface area (Å²) in [6, 6.07) is 5.18. The van der Waals surface area contributed by atoms with Gasteiger partial charge in [0, 0.05) is 35.5 Å². The number of aromatic hydroxyl groups is 1. The maximum Gasteiger partial charge on any atom is 0.226 e. The lowest BCUT2D eigenvalue weighted by Gasteiger charge is -2.33. The van der Waals surface area contributed by atoms with E-state index in [4.69, 9.17) is 11.6 Å². The fourth-order valence-electron chi connectivity index (χ4n) is 4.23. The third-order valence-corrected chi connectivity index (χ3v) is 6.90. The smallest absolute Gasteiger partial charge is 0.226 e. The van der Waals surface area contributed by atoms with Gasteiger partial charge in [-0.2, -0.15) is 0 Å². The number of hydrogen-bond donors (Lipinski definition) is 1. The van der Waals surface area contributed by atoms with Gasteiger partial charge in [-0.25, -0.2) is 4.98 Å². The molecule has 1 aromatic carbocycles. The molecular weight excluding hydrogens is 382 g/mol. The molecule has 5 nitrogen and oxygen atoms in total. The van der Waals surface area contributed by atoms with E-state index in [1.165, 1.54) is 0 Å². The predicted molar refractivity (Wildman–Crippen MR) is 107 cm³/mol. The topological polar surface area (TPSA) is 56.7 Å². The summed E-state index contributed by atoms with van der Waals surface area (Å²) in [5.74, 6) is 0.703. The number of rotatable bonds is 5. The summed E-state index contributed by atoms with van der Waals surface area (Å²) in [6.07, 6.45) is 3.08. The lowest BCUT2D eigenvalue weighted by atomic mass is 9.90. The lowest BCUT2D eigenvalue weighted by Crippen LogP contribution is -2.37. The average Bonchev–Trinajstić information content (AvgIpc) is 3.09. The minimum atomic E-state index is 0.155. The molecule has 0 bridgehead atoms. The Morgan fingerprint density at radius 1 is 1.44 bits per heavy atom. The number of hydrogen-bond acceptors (Lipinski definition) is 5. The molecule has 1 N–H and O–H groups in total. The Balaban J connectivity index is 1.30. The number of halogens is 1. The van der Waals surface area contributed by atoms with Crippen LogP contribution in [0.25, 0.3) is 0 Å². The van der Waals surface area contributed by atoms with Crippen molar-refractivity contribution in [2.45, 2.75) is 32.4 Å². The molecule has 1 aromatic heterocycles. The van der Waals surface area contributed by atoms with Crippen molar-refractivity contribution in [3.8, 4) is 5.75 Å². The van der Waals surface area contributed by atoms with Crippen molar-refractivity contribution in [1.29, 1.82) is 0 Å². The Morgan fingerprint density at radius 2 is 2.22 bits per heavy atom. The maximum absolute atomic E-state index is 12.8. The first-order chi connectivity index (χ1) is 13.0. The molecule has 2 fully saturated rings. The van der Waals surface area contributed by atoms with Crippen molar-refractivity contribution < 1.29 is 9.90 Å². The summed E-state index contributed by atoms with van der Waals surface area (Å²) in [4.78, 5) is 21.2. The van der Waals surface area contributed by atoms with E-state index in [-0.39, 0.29) is 17.2 Å². The van der Waals surface area contributed by atoms with Crippen LogP contribution >= 0.6 is 22.9 Å². The molecule has 1 amide bonds. The number of benzene rings is 1. The zero-order chi connectivity index (χ0) is 19.0. The van der Waals surface area contributed by atoms with Crippen LogP contribution in [0.4, 0.5) is 0 Å². The molecule has 27 heavy (non-hydrogen) atoms. The highest BCUT2D eigenvalue weighted by Crippen LogP contribution is 2.60. The molecule has 144 valence electrons. The second-order valence-electron chi connectivity index (χ2n) is 7.84. The van der Waals surface area contributed by atoms with Crippen molar-refractivity contribution in [1.82, 2.24) is 14.8 Å². The summed E-state index contributed by atoms with van der Waals surface area (Å²) in [6.45, 7) is 3.19. The van der Waals surface area contributed by atoms with Crippen LogP contribution in [0.15, 0.2) is 29.1 Å². The third kappa shape index (κ3) is 3.98. The van der Waals surface area contributed by atoms with E-state index >= 15 is 0 Å². The van der Waals surface area contributed by atoms with Gasteiger partial charge in [0.05, 0.1) is 17.7 Å². The Kier molecular flexibility index (Phi) is 5.14. The monoisotopic (exact) mass is 405 g/mol. The molecular formula is C20H24ClN3O2S. The summed E-state index contributed by atoms with van der Waals surface area (Å²) in [5.41, 5.74) is 3.81. The number of nitrogens with zero attached hydrogens (tertiary/aromatic N) is 3. The van der Waals surface area contributed by atoms with Crippen LogP contribution in [0, 0.1) is 11.3 Å². The minimum absolute atomic E-state index is 0.155. The summed E-state index contributed by atoms with van der Waals surface area (Å²) in [7, 11) is 1.88. The van der Waals surface area contributed by atoms with Crippen LogP contribution in [0.1, 0.15) is 30.5 Å². The number of piperidine rings is 1. The summed E-state index contributed by atoms with van der Waals surface area (Å²) >= 11 is 7.61. The Morgan fingerprint density at radius 3 is 2.93 bits per heavy atom. The molecule has 7 heteroatoms. The fraction of sp³-hybridized carbons (Fsp3) is 0.500. The number of phenolic OH excluding ortho intramolecular Hbond substituents is 1. The first kappa shape index (κ1) is 18.7. The maximum atomic E-state index is 12.8. The highest BCUT2D eigenvalue weighted by molar-refractivity contribution is 7.07. The second-order valence-corrected chi connectivity index (χ2v) is 9.00. The van der Waals surface area contributed by atoms with Crippen LogP contribution in [0.3, 0.4) is 0 Å². The quantitative estimate of drug-likeness (QED) is 0.822. The van der Waals surface area contributed by atoms with Gasteiger partial charge >= 0.3 is 0 Å². The van der Waals surface area contributed by atoms with Gasteiger partial charge in [0.15, 0.2) is 0 Å². The van der Waals surface area contributed by atoms with Crippen LogP contribution in [0.5, 0.6) is 5.75 Å². The molecule has 1 saturated heterocycles. The van der Waals surface area contributed by atoms with E-state index < -0.39 is 0 Å². The predicted octanol–water partition coefficient (Wildman–Crippen LogP) is 3.76. The lowest BCUT2D eigenvalue weighted by molar-refractivity contribution is -0.133. The highest BCUT2D eigenvalue weighted by atomic mass is 35.5. The molecule has 1 aliphatic heterocycles. The zero-order valence-electron chi connectivity index (χ0n) is 15.4. The minimum Gasteiger partial charge on any atom is -0.508 e. The van der Waals surface area contributed by atoms with Gasteiger partial charge in [-0.3, -0.25) is 9.69 Å². The molecule has 4 rings (SSSR count). The first-order valence-corrected chi connectivity index (χ1v) is 10.6. The van der Waals surface area contributed by atoms with Gasteiger partial charge < -0.3 is 10.0 Å². The van der Waals surface area contributed by atoms with E-state index in [1.807, 2.05) is 23.4 Å². The number of carbonyl (C=O) groups excluding carboxylic acids is 1. The molecule has 0 unspecified atom stereocenters. The molecule has 0 radical (unpaired) electrons. The van der Waals surface area contributed by atoms with Crippen LogP contribution in [-0.2, 0) is 17.9 Å². The normalized spacial score (nSPS) is 21.3. The standard InChI is InChI=1S/C20H24ClN3O2S/c1-23(11-16-12-27-13-22-16)19(26)17-9-20(17)4-6-24(7-5-20)10-14-8-15(21)2-3-18(14)25/h2-3,8,12-13,17,25H,4-7,9-11H2,1H3/t17-/m1/s1. The molecule has 1 saturated carbocycles. The van der Waals surface area contributed by atoms with Gasteiger partial charge in [-0.15, -0.1) is 11.3 Å². The Bertz CT molecular complexity index is 819. The van der Waals surface area contributed by atoms with E-state index in [9.17, 15) is 9.90 Å². The van der Waals surface area contributed by atoms with Gasteiger partial charge in [0.25, 0.3) is 0 Å². The number of phenols is 1. The third-order valence-electron chi connectivity index (χ3n) is 6.03. The Labute approximate surface area is 168 Å². The van der Waals surface area contributed by atoms with Gasteiger partial charge in [0.1, 0.15) is 5.75 Å². The Hall–Kier alpha value is -1.63. The largest absolute Gasteiger partial charge is 0.508 e. The van der Waals surface area contributed by atoms with E-state index in [2.05, 4.69) is 9.88 Å². The summed E-state index contributed by atoms with van der Waals surface area (Å²) in [5, 5.41) is 12.7. The van der Waals surface area contributed by atoms with Crippen molar-refractivity contribution in [2.75, 3.05) is 20.1 Å². The number of likely N-dealkylation sites (tertiary alicyclic amines) is 1. The fourth-order valence-corrected chi connectivity index (χ4v) is 4.97. The summed E-state index contributed by atoms with van der Waals surface area (Å²) < 4.78 is 0. The van der Waals surface area contributed by atoms with Crippen LogP contribution in [0.2, 0.25) is 5.02 Å². The number of aromatic nitrogens is 1. The number of amides is 1. The van der Waals surface area contributed by atoms with E-state index in [1.54, 1.807) is 29.0 Å². The molecule has 2 aromatic rings. The zero-order valence-corrected chi connectivity index (χ0v) is 17.0. The second kappa shape index (κ2) is 7.41. The first-order valence-electron chi connectivity index (χ1n) is 9.29. The van der Waals surface area contributed by atoms with Gasteiger partial charge in [-0.1, -0.05) is 11.6 Å². The van der Waals surface area contributed by atoms with Gasteiger partial charge in [0.2, 0.25) is 5.91 Å². The molecule has 1 aliphatic carbocycles. The number of carbonyl (C=O) groups is 1. The highest BCUT2D eigenvalue weighted by Gasteiger charge is 2.58. The molecule has 2 heterocycles. The van der Waals surface area contributed by atoms with Crippen molar-refractivity contribution in [3.05, 3.63) is 45.4 Å². The van der Waals surface area contributed by atoms with Crippen molar-refractivity contribution >= 4 is 28.8 Å². The average molecular weight is 406 g/mol. The van der Waals surface area contributed by atoms with Crippen molar-refractivity contribution in [3.63, 3.8) is 0 Å². The number of thiazole rings is 1. The van der Waals surface area contributed by atoms with Gasteiger partial charge in [-0.05, 0) is 56.0 Å². The van der Waals surface area contributed by atoms with E-state index in [0.717, 1.165) is 43.6 Å². The SMILES string of the molecule is CN(Cc1cscn1)C(=O)[C@H]1CC12CCN(Cc1cc(Cl)ccc1O)CC2. The van der Waals surface area contributed by atoms with E-state index in [0.29, 0.717) is 23.9 Å². The molecule has 1 spiro atoms.